The molecule has 86 valence electrons. The zero-order chi connectivity index (χ0) is 11.5. The summed E-state index contributed by atoms with van der Waals surface area (Å²) < 4.78 is 1.75. The molecular formula is C12H17N3O. The van der Waals surface area contributed by atoms with E-state index in [0.29, 0.717) is 11.6 Å². The van der Waals surface area contributed by atoms with Crippen LogP contribution < -0.4 is 0 Å². The van der Waals surface area contributed by atoms with Crippen LogP contribution >= 0.6 is 0 Å². The van der Waals surface area contributed by atoms with Gasteiger partial charge in [-0.15, -0.1) is 0 Å². The predicted molar refractivity (Wildman–Crippen MR) is 62.2 cm³/mol. The van der Waals surface area contributed by atoms with Crippen molar-refractivity contribution in [3.05, 3.63) is 29.7 Å². The van der Waals surface area contributed by atoms with Crippen molar-refractivity contribution in [2.24, 2.45) is 0 Å². The zero-order valence-electron chi connectivity index (χ0n) is 9.72. The molecule has 4 nitrogen and oxygen atoms in total. The molecule has 0 spiro atoms. The Labute approximate surface area is 94.9 Å². The average Bonchev–Trinajstić information content (AvgIpc) is 3.10. The van der Waals surface area contributed by atoms with Crippen LogP contribution in [0.1, 0.15) is 44.0 Å². The molecule has 2 aromatic heterocycles. The Morgan fingerprint density at radius 2 is 2.12 bits per heavy atom. The number of imidazole rings is 1. The predicted octanol–water partition coefficient (Wildman–Crippen LogP) is 2.13. The summed E-state index contributed by atoms with van der Waals surface area (Å²) >= 11 is 0. The number of nitrogens with zero attached hydrogens (tertiary/aromatic N) is 3. The summed E-state index contributed by atoms with van der Waals surface area (Å²) in [5.41, 5.74) is 2.61. The van der Waals surface area contributed by atoms with Crippen molar-refractivity contribution in [2.75, 3.05) is 0 Å². The molecule has 1 fully saturated rings. The minimum atomic E-state index is -0.0257. The van der Waals surface area contributed by atoms with Gasteiger partial charge in [-0.1, -0.05) is 13.8 Å². The number of aliphatic hydroxyl groups is 1. The topological polar surface area (TPSA) is 50.4 Å². The molecule has 2 heterocycles. The first-order valence-electron chi connectivity index (χ1n) is 5.83. The lowest BCUT2D eigenvalue weighted by Gasteiger charge is -1.96. The second-order valence-electron chi connectivity index (χ2n) is 3.73. The molecule has 0 amide bonds. The highest BCUT2D eigenvalue weighted by Gasteiger charge is 2.25. The molecule has 0 saturated heterocycles. The summed E-state index contributed by atoms with van der Waals surface area (Å²) in [6.45, 7) is 3.97. The van der Waals surface area contributed by atoms with E-state index in [1.54, 1.807) is 10.7 Å². The third kappa shape index (κ3) is 2.07. The molecule has 1 saturated carbocycles. The standard InChI is InChI=1S/C10H11N3O.C2H6/c14-6-8-5-13-10(11-8)4-3-9(12-13)7-1-2-7;1-2/h3-5,7,14H,1-2,6H2;1-2H3. The highest BCUT2D eigenvalue weighted by atomic mass is 16.3. The van der Waals surface area contributed by atoms with Crippen LogP contribution in [-0.4, -0.2) is 19.7 Å². The van der Waals surface area contributed by atoms with Crippen LogP contribution in [0.2, 0.25) is 0 Å². The van der Waals surface area contributed by atoms with Gasteiger partial charge in [-0.25, -0.2) is 9.50 Å². The fourth-order valence-corrected chi connectivity index (χ4v) is 1.62. The summed E-state index contributed by atoms with van der Waals surface area (Å²) in [5, 5.41) is 13.4. The highest BCUT2D eigenvalue weighted by Crippen LogP contribution is 2.38. The molecular weight excluding hydrogens is 202 g/mol. The Balaban J connectivity index is 0.000000457. The first kappa shape index (κ1) is 11.1. The Morgan fingerprint density at radius 1 is 1.38 bits per heavy atom. The Hall–Kier alpha value is -1.42. The number of fused-ring (bicyclic) bond motifs is 1. The van der Waals surface area contributed by atoms with Gasteiger partial charge in [0.25, 0.3) is 0 Å². The van der Waals surface area contributed by atoms with Crippen LogP contribution in [0.4, 0.5) is 0 Å². The van der Waals surface area contributed by atoms with E-state index in [1.807, 2.05) is 26.0 Å². The highest BCUT2D eigenvalue weighted by molar-refractivity contribution is 5.39. The van der Waals surface area contributed by atoms with Gasteiger partial charge in [0, 0.05) is 5.92 Å². The molecule has 0 aliphatic heterocycles. The normalized spacial score (nSPS) is 14.7. The molecule has 0 aromatic carbocycles. The van der Waals surface area contributed by atoms with Crippen molar-refractivity contribution < 1.29 is 5.11 Å². The molecule has 0 radical (unpaired) electrons. The molecule has 0 unspecified atom stereocenters. The van der Waals surface area contributed by atoms with E-state index in [9.17, 15) is 0 Å². The molecule has 1 aliphatic carbocycles. The van der Waals surface area contributed by atoms with Gasteiger partial charge in [-0.2, -0.15) is 5.10 Å². The number of hydrogen-bond acceptors (Lipinski definition) is 3. The smallest absolute Gasteiger partial charge is 0.153 e. The van der Waals surface area contributed by atoms with Gasteiger partial charge in [0.15, 0.2) is 5.65 Å². The summed E-state index contributed by atoms with van der Waals surface area (Å²) in [6.07, 6.45) is 4.28. The van der Waals surface area contributed by atoms with Crippen LogP contribution in [0.3, 0.4) is 0 Å². The minimum absolute atomic E-state index is 0.0257. The summed E-state index contributed by atoms with van der Waals surface area (Å²) in [6, 6.07) is 3.99. The molecule has 1 N–H and O–H groups in total. The van der Waals surface area contributed by atoms with Gasteiger partial charge in [-0.05, 0) is 25.0 Å². The molecule has 4 heteroatoms. The lowest BCUT2D eigenvalue weighted by atomic mass is 10.3. The lowest BCUT2D eigenvalue weighted by Crippen LogP contribution is -1.94. The number of hydrogen-bond donors (Lipinski definition) is 1. The molecule has 1 aliphatic rings. The second kappa shape index (κ2) is 4.61. The van der Waals surface area contributed by atoms with Crippen molar-refractivity contribution >= 4 is 5.65 Å². The Kier molecular flexibility index (Phi) is 3.19. The third-order valence-corrected chi connectivity index (χ3v) is 2.55. The largest absolute Gasteiger partial charge is 0.390 e. The van der Waals surface area contributed by atoms with Gasteiger partial charge in [0.05, 0.1) is 24.2 Å². The van der Waals surface area contributed by atoms with Crippen LogP contribution in [0.15, 0.2) is 18.3 Å². The van der Waals surface area contributed by atoms with E-state index in [-0.39, 0.29) is 6.61 Å². The maximum Gasteiger partial charge on any atom is 0.153 e. The second-order valence-corrected chi connectivity index (χ2v) is 3.73. The van der Waals surface area contributed by atoms with Crippen molar-refractivity contribution in [2.45, 2.75) is 39.2 Å². The van der Waals surface area contributed by atoms with Gasteiger partial charge < -0.3 is 5.11 Å². The Bertz CT molecular complexity index is 474. The fourth-order valence-electron chi connectivity index (χ4n) is 1.62. The van der Waals surface area contributed by atoms with E-state index in [0.717, 1.165) is 11.3 Å². The molecule has 16 heavy (non-hydrogen) atoms. The summed E-state index contributed by atoms with van der Waals surface area (Å²) in [5.74, 6) is 0.652. The van der Waals surface area contributed by atoms with Crippen LogP contribution in [-0.2, 0) is 6.61 Å². The van der Waals surface area contributed by atoms with Crippen molar-refractivity contribution in [1.29, 1.82) is 0 Å². The SMILES string of the molecule is CC.OCc1cn2nc(C3CC3)ccc2n1. The van der Waals surface area contributed by atoms with Crippen LogP contribution in [0, 0.1) is 0 Å². The van der Waals surface area contributed by atoms with E-state index in [2.05, 4.69) is 10.1 Å². The average molecular weight is 219 g/mol. The zero-order valence-corrected chi connectivity index (χ0v) is 9.72. The van der Waals surface area contributed by atoms with Gasteiger partial charge >= 0.3 is 0 Å². The summed E-state index contributed by atoms with van der Waals surface area (Å²) in [7, 11) is 0. The molecule has 3 rings (SSSR count). The van der Waals surface area contributed by atoms with Gasteiger partial charge in [0.2, 0.25) is 0 Å². The van der Waals surface area contributed by atoms with E-state index < -0.39 is 0 Å². The first-order valence-corrected chi connectivity index (χ1v) is 5.83. The fraction of sp³-hybridized carbons (Fsp3) is 0.500. The van der Waals surface area contributed by atoms with Gasteiger partial charge in [-0.3, -0.25) is 0 Å². The number of aromatic nitrogens is 3. The van der Waals surface area contributed by atoms with E-state index in [4.69, 9.17) is 5.11 Å². The molecule has 0 atom stereocenters. The van der Waals surface area contributed by atoms with Crippen LogP contribution in [0.25, 0.3) is 5.65 Å². The monoisotopic (exact) mass is 219 g/mol. The summed E-state index contributed by atoms with van der Waals surface area (Å²) in [4.78, 5) is 4.20. The molecule has 2 aromatic rings. The molecule has 0 bridgehead atoms. The quantitative estimate of drug-likeness (QED) is 0.841. The van der Waals surface area contributed by atoms with Crippen LogP contribution in [0.5, 0.6) is 0 Å². The van der Waals surface area contributed by atoms with E-state index >= 15 is 0 Å². The van der Waals surface area contributed by atoms with Crippen molar-refractivity contribution in [3.8, 4) is 0 Å². The third-order valence-electron chi connectivity index (χ3n) is 2.55. The van der Waals surface area contributed by atoms with Crippen molar-refractivity contribution in [1.82, 2.24) is 14.6 Å². The minimum Gasteiger partial charge on any atom is -0.390 e. The lowest BCUT2D eigenvalue weighted by molar-refractivity contribution is 0.277. The number of rotatable bonds is 2. The Morgan fingerprint density at radius 3 is 2.75 bits per heavy atom. The first-order chi connectivity index (χ1) is 7.86. The van der Waals surface area contributed by atoms with Gasteiger partial charge in [0.1, 0.15) is 0 Å². The number of aliphatic hydroxyl groups excluding tert-OH is 1. The maximum atomic E-state index is 8.93. The van der Waals surface area contributed by atoms with Crippen molar-refractivity contribution in [3.63, 3.8) is 0 Å². The maximum absolute atomic E-state index is 8.93. The van der Waals surface area contributed by atoms with E-state index in [1.165, 1.54) is 12.8 Å².